The van der Waals surface area contributed by atoms with Crippen molar-refractivity contribution in [1.29, 1.82) is 0 Å². The van der Waals surface area contributed by atoms with E-state index in [1.807, 2.05) is 85.3 Å². The topological polar surface area (TPSA) is 262 Å². The van der Waals surface area contributed by atoms with Crippen LogP contribution >= 0.6 is 23.0 Å². The smallest absolute Gasteiger partial charge is 0.109 e. The maximum atomic E-state index is 10.7. The summed E-state index contributed by atoms with van der Waals surface area (Å²) in [5, 5.41) is 71.1. The van der Waals surface area contributed by atoms with Gasteiger partial charge in [0.2, 0.25) is 0 Å². The van der Waals surface area contributed by atoms with Crippen molar-refractivity contribution in [2.45, 2.75) is 200 Å². The molecule has 7 N–H and O–H groups in total. The average molecular weight is 1230 g/mol. The van der Waals surface area contributed by atoms with Crippen LogP contribution < -0.4 is 0 Å². The van der Waals surface area contributed by atoms with Gasteiger partial charge in [-0.25, -0.2) is 0 Å². The Morgan fingerprint density at radius 3 is 1.49 bits per heavy atom. The molecule has 0 aliphatic rings. The number of aliphatic hydroxyl groups excluding tert-OH is 7. The van der Waals surface area contributed by atoms with Crippen LogP contribution in [0, 0.1) is 23.7 Å². The SMILES string of the molecule is CCCCOC(COCC(CO)OCC(C)C)COC(CCCC(CO)OCCOCC(CO)COC(C)C)CCC(CO)COCC(COC(CO)C(C)(C)OC(CC)COI)OCC(CO)CCC(CO)OC(C)C. The van der Waals surface area contributed by atoms with Crippen LogP contribution in [0.5, 0.6) is 0 Å². The molecule has 0 amide bonds. The highest BCUT2D eigenvalue weighted by Crippen LogP contribution is 2.24. The van der Waals surface area contributed by atoms with Crippen molar-refractivity contribution in [2.75, 3.05) is 139 Å². The molecule has 0 bridgehead atoms. The molecule has 21 heteroatoms. The molecule has 0 rings (SSSR count). The molecule has 20 nitrogen and oxygen atoms in total. The van der Waals surface area contributed by atoms with Gasteiger partial charge < -0.3 is 95.7 Å². The Bertz CT molecular complexity index is 1260. The first-order valence-corrected chi connectivity index (χ1v) is 29.7. The minimum absolute atomic E-state index is 0.0442. The Kier molecular flexibility index (Phi) is 50.4. The first kappa shape index (κ1) is 76.9. The van der Waals surface area contributed by atoms with Crippen LogP contribution in [-0.2, 0) is 59.9 Å². The van der Waals surface area contributed by atoms with E-state index in [0.717, 1.165) is 12.8 Å². The summed E-state index contributed by atoms with van der Waals surface area (Å²) in [4.78, 5) is 0. The van der Waals surface area contributed by atoms with E-state index in [-0.39, 0.29) is 153 Å². The predicted molar refractivity (Wildman–Crippen MR) is 303 cm³/mol. The van der Waals surface area contributed by atoms with E-state index in [1.54, 1.807) is 0 Å². The molecule has 0 aromatic heterocycles. The monoisotopic (exact) mass is 1230 g/mol. The van der Waals surface area contributed by atoms with Crippen molar-refractivity contribution in [1.82, 2.24) is 0 Å². The zero-order valence-corrected chi connectivity index (χ0v) is 51.5. The highest BCUT2D eigenvalue weighted by molar-refractivity contribution is 14.1. The molecule has 11 atom stereocenters. The van der Waals surface area contributed by atoms with Gasteiger partial charge in [0.1, 0.15) is 47.4 Å². The molecule has 0 aromatic carbocycles. The number of ether oxygens (including phenoxy) is 12. The third-order valence-corrected chi connectivity index (χ3v) is 13.1. The fraction of sp³-hybridized carbons (Fsp3) is 1.00. The van der Waals surface area contributed by atoms with Gasteiger partial charge in [-0.2, -0.15) is 0 Å². The molecule has 77 heavy (non-hydrogen) atoms. The molecule has 464 valence electrons. The van der Waals surface area contributed by atoms with Crippen LogP contribution in [0.1, 0.15) is 133 Å². The van der Waals surface area contributed by atoms with E-state index in [1.165, 1.54) is 0 Å². The minimum atomic E-state index is -0.880. The molecule has 0 saturated heterocycles. The van der Waals surface area contributed by atoms with Crippen LogP contribution in [-0.4, -0.2) is 241 Å². The summed E-state index contributed by atoms with van der Waals surface area (Å²) in [6.07, 6.45) is 3.28. The molecule has 0 spiro atoms. The normalized spacial score (nSPS) is 16.9. The van der Waals surface area contributed by atoms with E-state index in [2.05, 4.69) is 6.92 Å². The number of aliphatic hydroxyl groups is 7. The van der Waals surface area contributed by atoms with Crippen molar-refractivity contribution in [3.8, 4) is 0 Å². The van der Waals surface area contributed by atoms with E-state index in [4.69, 9.17) is 59.9 Å². The van der Waals surface area contributed by atoms with Crippen LogP contribution in [0.25, 0.3) is 0 Å². The Morgan fingerprint density at radius 2 is 0.922 bits per heavy atom. The second kappa shape index (κ2) is 50.4. The molecule has 0 aromatic rings. The molecule has 0 aliphatic heterocycles. The van der Waals surface area contributed by atoms with Crippen molar-refractivity contribution < 1.29 is 95.7 Å². The first-order valence-electron chi connectivity index (χ1n) is 28.8. The highest BCUT2D eigenvalue weighted by Gasteiger charge is 2.34. The zero-order chi connectivity index (χ0) is 57.7. The van der Waals surface area contributed by atoms with Crippen molar-refractivity contribution in [3.05, 3.63) is 0 Å². The lowest BCUT2D eigenvalue weighted by Gasteiger charge is -2.37. The number of hydrogen-bond donors (Lipinski definition) is 7. The summed E-state index contributed by atoms with van der Waals surface area (Å²) < 4.78 is 78.5. The van der Waals surface area contributed by atoms with Crippen LogP contribution in [0.2, 0.25) is 0 Å². The lowest BCUT2D eigenvalue weighted by atomic mass is 9.99. The zero-order valence-electron chi connectivity index (χ0n) is 49.3. The summed E-state index contributed by atoms with van der Waals surface area (Å²) in [5.74, 6) is -0.332. The average Bonchev–Trinajstić information content (AvgIpc) is 3.40. The lowest BCUT2D eigenvalue weighted by molar-refractivity contribution is -0.185. The largest absolute Gasteiger partial charge is 0.396 e. The number of hydrogen-bond acceptors (Lipinski definition) is 20. The second-order valence-corrected chi connectivity index (χ2v) is 22.4. The number of rotatable bonds is 58. The molecule has 0 fully saturated rings. The molecule has 0 saturated carbocycles. The Hall–Kier alpha value is -0.0700. The molecular weight excluding hydrogens is 1120 g/mol. The lowest BCUT2D eigenvalue weighted by Crippen LogP contribution is -2.47. The predicted octanol–water partition coefficient (Wildman–Crippen LogP) is 5.49. The molecule has 0 aliphatic carbocycles. The van der Waals surface area contributed by atoms with Gasteiger partial charge >= 0.3 is 0 Å². The second-order valence-electron chi connectivity index (χ2n) is 21.7. The molecule has 11 unspecified atom stereocenters. The van der Waals surface area contributed by atoms with Gasteiger partial charge in [-0.05, 0) is 105 Å². The fourth-order valence-corrected chi connectivity index (χ4v) is 8.29. The van der Waals surface area contributed by atoms with Crippen LogP contribution in [0.15, 0.2) is 0 Å². The third-order valence-electron chi connectivity index (χ3n) is 12.8. The molecule has 0 heterocycles. The van der Waals surface area contributed by atoms with Gasteiger partial charge in [-0.15, -0.1) is 0 Å². The summed E-state index contributed by atoms with van der Waals surface area (Å²) in [5.41, 5.74) is -0.880. The molecular formula is C56H113IO20. The maximum absolute atomic E-state index is 10.7. The van der Waals surface area contributed by atoms with Crippen LogP contribution in [0.4, 0.5) is 0 Å². The fourth-order valence-electron chi connectivity index (χ4n) is 7.89. The standard InChI is InChI=1S/C56H113IO20/c1-11-13-21-68-53(37-67-36-52(29-63)71-31-42(3)4)39-73-49(15-14-16-50(27-61)69-23-22-65-33-47(26-60)35-70-43(5)6)19-17-45(24-58)32-66-38-54(72-34-46(25-59)18-20-51(28-62)76-44(7)8)40-74-55(30-64)56(9,10)77-48(12-2)41-75-57/h42-55,58-64H,11-41H2,1-10H3. The van der Waals surface area contributed by atoms with Crippen LogP contribution in [0.3, 0.4) is 0 Å². The van der Waals surface area contributed by atoms with Crippen molar-refractivity contribution >= 4 is 23.0 Å². The first-order chi connectivity index (χ1) is 37.0. The third kappa shape index (κ3) is 41.6. The van der Waals surface area contributed by atoms with Gasteiger partial charge in [0.05, 0.1) is 155 Å². The van der Waals surface area contributed by atoms with E-state index in [0.29, 0.717) is 96.9 Å². The van der Waals surface area contributed by atoms with Gasteiger partial charge in [-0.3, -0.25) is 0 Å². The number of unbranched alkanes of at least 4 members (excludes halogenated alkanes) is 1. The van der Waals surface area contributed by atoms with Gasteiger partial charge in [0, 0.05) is 44.2 Å². The quantitative estimate of drug-likeness (QED) is 0.0293. The van der Waals surface area contributed by atoms with E-state index >= 15 is 0 Å². The Labute approximate surface area is 479 Å². The van der Waals surface area contributed by atoms with E-state index in [9.17, 15) is 35.7 Å². The van der Waals surface area contributed by atoms with Gasteiger partial charge in [0.15, 0.2) is 0 Å². The molecule has 0 radical (unpaired) electrons. The Morgan fingerprint density at radius 1 is 0.390 bits per heavy atom. The summed E-state index contributed by atoms with van der Waals surface area (Å²) >= 11 is 1.84. The number of halogens is 1. The Balaban J connectivity index is 6.12. The highest BCUT2D eigenvalue weighted by atomic mass is 127. The van der Waals surface area contributed by atoms with Crippen molar-refractivity contribution in [3.63, 3.8) is 0 Å². The van der Waals surface area contributed by atoms with E-state index < -0.39 is 30.0 Å². The van der Waals surface area contributed by atoms with Crippen molar-refractivity contribution in [2.24, 2.45) is 23.7 Å². The van der Waals surface area contributed by atoms with Gasteiger partial charge in [0.25, 0.3) is 0 Å². The summed E-state index contributed by atoms with van der Waals surface area (Å²) in [7, 11) is 0. The minimum Gasteiger partial charge on any atom is -0.396 e. The summed E-state index contributed by atoms with van der Waals surface area (Å²) in [6, 6.07) is 0. The summed E-state index contributed by atoms with van der Waals surface area (Å²) in [6.45, 7) is 22.5. The maximum Gasteiger partial charge on any atom is 0.109 e. The van der Waals surface area contributed by atoms with Gasteiger partial charge in [-0.1, -0.05) is 34.1 Å².